The first-order valence-electron chi connectivity index (χ1n) is 11.2. The van der Waals surface area contributed by atoms with Gasteiger partial charge in [-0.25, -0.2) is 19.7 Å². The van der Waals surface area contributed by atoms with Crippen LogP contribution in [-0.2, 0) is 19.0 Å². The molecule has 2 amide bonds. The van der Waals surface area contributed by atoms with Crippen molar-refractivity contribution in [1.82, 2.24) is 19.9 Å². The van der Waals surface area contributed by atoms with Gasteiger partial charge in [0, 0.05) is 44.3 Å². The first-order chi connectivity index (χ1) is 17.9. The lowest BCUT2D eigenvalue weighted by Crippen LogP contribution is -2.50. The molecule has 0 aliphatic carbocycles. The van der Waals surface area contributed by atoms with Crippen LogP contribution in [0.3, 0.4) is 0 Å². The number of rotatable bonds is 5. The third kappa shape index (κ3) is 6.52. The molecule has 3 N–H and O–H groups in total. The molecule has 0 unspecified atom stereocenters. The van der Waals surface area contributed by atoms with Crippen LogP contribution < -0.4 is 20.7 Å². The maximum absolute atomic E-state index is 13.1. The molecular weight excluding hydrogens is 520 g/mol. The standard InChI is InChI=1S/C23H21F6N7O2/c24-22(25,26)14-10-15(23(27,28)29)12-17(11-14)34-21(37)36-8-6-35(7-9-36)18-2-1-4-31-19(18)38-13-16-3-5-32-20(30)33-16/h1-5,10-12H,6-9,13H2,(H,34,37)(H2,30,32,33). The first kappa shape index (κ1) is 26.8. The van der Waals surface area contributed by atoms with Crippen molar-refractivity contribution in [2.24, 2.45) is 0 Å². The number of nitrogen functional groups attached to an aromatic ring is 1. The van der Waals surface area contributed by atoms with Crippen molar-refractivity contribution in [2.75, 3.05) is 42.1 Å². The molecule has 1 saturated heterocycles. The summed E-state index contributed by atoms with van der Waals surface area (Å²) in [5, 5.41) is 2.15. The molecule has 1 aliphatic rings. The highest BCUT2D eigenvalue weighted by Gasteiger charge is 2.37. The van der Waals surface area contributed by atoms with E-state index in [1.807, 2.05) is 4.90 Å². The third-order valence-corrected chi connectivity index (χ3v) is 5.59. The molecule has 3 aromatic rings. The highest BCUT2D eigenvalue weighted by molar-refractivity contribution is 5.89. The third-order valence-electron chi connectivity index (χ3n) is 5.59. The number of ether oxygens (including phenoxy) is 1. The summed E-state index contributed by atoms with van der Waals surface area (Å²) in [6.07, 6.45) is -7.00. The van der Waals surface area contributed by atoms with Gasteiger partial charge < -0.3 is 25.6 Å². The Morgan fingerprint density at radius 3 is 2.21 bits per heavy atom. The van der Waals surface area contributed by atoms with Crippen LogP contribution in [0.4, 0.5) is 48.5 Å². The second kappa shape index (κ2) is 10.6. The number of anilines is 3. The Bertz CT molecular complexity index is 1260. The van der Waals surface area contributed by atoms with E-state index >= 15 is 0 Å². The molecule has 0 saturated carbocycles. The van der Waals surface area contributed by atoms with Crippen molar-refractivity contribution in [3.05, 3.63) is 65.6 Å². The van der Waals surface area contributed by atoms with E-state index < -0.39 is 35.2 Å². The molecule has 0 radical (unpaired) electrons. The van der Waals surface area contributed by atoms with Crippen molar-refractivity contribution in [2.45, 2.75) is 19.0 Å². The molecule has 15 heteroatoms. The average molecular weight is 541 g/mol. The van der Waals surface area contributed by atoms with Gasteiger partial charge in [-0.05, 0) is 36.4 Å². The summed E-state index contributed by atoms with van der Waals surface area (Å²) in [6.45, 7) is 0.996. The number of alkyl halides is 6. The summed E-state index contributed by atoms with van der Waals surface area (Å²) in [7, 11) is 0. The number of benzene rings is 1. The fourth-order valence-electron chi connectivity index (χ4n) is 3.75. The second-order valence-corrected chi connectivity index (χ2v) is 8.22. The van der Waals surface area contributed by atoms with Crippen LogP contribution in [0.25, 0.3) is 0 Å². The van der Waals surface area contributed by atoms with Crippen LogP contribution in [0.1, 0.15) is 16.8 Å². The normalized spacial score (nSPS) is 14.4. The van der Waals surface area contributed by atoms with E-state index in [9.17, 15) is 31.1 Å². The number of halogens is 6. The molecule has 38 heavy (non-hydrogen) atoms. The number of nitrogens with zero attached hydrogens (tertiary/aromatic N) is 5. The van der Waals surface area contributed by atoms with E-state index in [0.29, 0.717) is 42.5 Å². The largest absolute Gasteiger partial charge is 0.470 e. The summed E-state index contributed by atoms with van der Waals surface area (Å²) >= 11 is 0. The van der Waals surface area contributed by atoms with Gasteiger partial charge >= 0.3 is 18.4 Å². The van der Waals surface area contributed by atoms with Gasteiger partial charge in [0.15, 0.2) is 0 Å². The van der Waals surface area contributed by atoms with Gasteiger partial charge in [-0.3, -0.25) is 0 Å². The fourth-order valence-corrected chi connectivity index (χ4v) is 3.75. The van der Waals surface area contributed by atoms with Crippen molar-refractivity contribution >= 4 is 23.4 Å². The van der Waals surface area contributed by atoms with Gasteiger partial charge in [-0.2, -0.15) is 26.3 Å². The predicted octanol–water partition coefficient (Wildman–Crippen LogP) is 4.42. The Morgan fingerprint density at radius 1 is 0.947 bits per heavy atom. The molecule has 9 nitrogen and oxygen atoms in total. The van der Waals surface area contributed by atoms with Crippen molar-refractivity contribution < 1.29 is 35.9 Å². The minimum atomic E-state index is -5.02. The van der Waals surface area contributed by atoms with Gasteiger partial charge in [-0.15, -0.1) is 0 Å². The number of pyridine rings is 1. The molecule has 2 aromatic heterocycles. The van der Waals surface area contributed by atoms with E-state index in [0.717, 1.165) is 0 Å². The Labute approximate surface area is 212 Å². The predicted molar refractivity (Wildman–Crippen MR) is 124 cm³/mol. The van der Waals surface area contributed by atoms with Crippen molar-refractivity contribution in [3.63, 3.8) is 0 Å². The maximum Gasteiger partial charge on any atom is 0.416 e. The molecule has 4 rings (SSSR count). The zero-order valence-electron chi connectivity index (χ0n) is 19.6. The summed E-state index contributed by atoms with van der Waals surface area (Å²) in [6, 6.07) is 5.23. The SMILES string of the molecule is Nc1nccc(COc2ncccc2N2CCN(C(=O)Nc3cc(C(F)(F)F)cc(C(F)(F)F)c3)CC2)n1. The first-order valence-corrected chi connectivity index (χ1v) is 11.2. The highest BCUT2D eigenvalue weighted by atomic mass is 19.4. The van der Waals surface area contributed by atoms with Crippen LogP contribution in [0.2, 0.25) is 0 Å². The second-order valence-electron chi connectivity index (χ2n) is 8.22. The molecule has 0 spiro atoms. The van der Waals surface area contributed by atoms with E-state index in [-0.39, 0.29) is 31.7 Å². The van der Waals surface area contributed by atoms with Gasteiger partial charge in [0.05, 0.1) is 16.8 Å². The number of hydrogen-bond acceptors (Lipinski definition) is 7. The smallest absolute Gasteiger partial charge is 0.416 e. The number of carbonyl (C=O) groups is 1. The Hall–Kier alpha value is -4.30. The van der Waals surface area contributed by atoms with Crippen LogP contribution in [0, 0.1) is 0 Å². The lowest BCUT2D eigenvalue weighted by molar-refractivity contribution is -0.143. The molecule has 202 valence electrons. The van der Waals surface area contributed by atoms with E-state index in [4.69, 9.17) is 10.5 Å². The highest BCUT2D eigenvalue weighted by Crippen LogP contribution is 2.37. The summed E-state index contributed by atoms with van der Waals surface area (Å²) in [4.78, 5) is 28.0. The number of piperazine rings is 1. The van der Waals surface area contributed by atoms with Gasteiger partial charge in [-0.1, -0.05) is 0 Å². The minimum Gasteiger partial charge on any atom is -0.470 e. The zero-order valence-corrected chi connectivity index (χ0v) is 19.6. The summed E-state index contributed by atoms with van der Waals surface area (Å²) < 4.78 is 84.5. The van der Waals surface area contributed by atoms with Gasteiger partial charge in [0.1, 0.15) is 12.3 Å². The number of hydrogen-bond donors (Lipinski definition) is 2. The molecule has 0 bridgehead atoms. The molecule has 3 heterocycles. The number of carbonyl (C=O) groups excluding carboxylic acids is 1. The Kier molecular flexibility index (Phi) is 7.46. The van der Waals surface area contributed by atoms with E-state index in [1.165, 1.54) is 11.1 Å². The summed E-state index contributed by atoms with van der Waals surface area (Å²) in [5.74, 6) is 0.410. The van der Waals surface area contributed by atoms with Crippen molar-refractivity contribution in [1.29, 1.82) is 0 Å². The van der Waals surface area contributed by atoms with E-state index in [1.54, 1.807) is 24.4 Å². The minimum absolute atomic E-state index is 0.00165. The number of aromatic nitrogens is 3. The average Bonchev–Trinajstić information content (AvgIpc) is 2.86. The molecule has 0 atom stereocenters. The topological polar surface area (TPSA) is 109 Å². The molecule has 1 aromatic carbocycles. The van der Waals surface area contributed by atoms with Crippen LogP contribution >= 0.6 is 0 Å². The number of amides is 2. The van der Waals surface area contributed by atoms with Crippen molar-refractivity contribution in [3.8, 4) is 5.88 Å². The molecule has 1 fully saturated rings. The lowest BCUT2D eigenvalue weighted by Gasteiger charge is -2.36. The van der Waals surface area contributed by atoms with Crippen LogP contribution in [-0.4, -0.2) is 52.1 Å². The van der Waals surface area contributed by atoms with Gasteiger partial charge in [0.2, 0.25) is 11.8 Å². The lowest BCUT2D eigenvalue weighted by atomic mass is 10.1. The number of nitrogens with two attached hydrogens (primary N) is 1. The number of urea groups is 1. The maximum atomic E-state index is 13.1. The van der Waals surface area contributed by atoms with Crippen LogP contribution in [0.5, 0.6) is 5.88 Å². The van der Waals surface area contributed by atoms with Gasteiger partial charge in [0.25, 0.3) is 0 Å². The molecular formula is C23H21F6N7O2. The zero-order chi connectivity index (χ0) is 27.5. The Morgan fingerprint density at radius 2 is 1.61 bits per heavy atom. The fraction of sp³-hybridized carbons (Fsp3) is 0.304. The Balaban J connectivity index is 1.40. The monoisotopic (exact) mass is 541 g/mol. The van der Waals surface area contributed by atoms with Crippen LogP contribution in [0.15, 0.2) is 48.8 Å². The number of nitrogens with one attached hydrogen (secondary N) is 1. The van der Waals surface area contributed by atoms with E-state index in [2.05, 4.69) is 20.3 Å². The quantitative estimate of drug-likeness (QED) is 0.460. The summed E-state index contributed by atoms with van der Waals surface area (Å²) in [5.41, 5.74) is 3.13. The molecule has 1 aliphatic heterocycles.